The number of aliphatic hydroxyl groups is 1. The fraction of sp³-hybridized carbons (Fsp3) is 0.632. The van der Waals surface area contributed by atoms with Crippen LogP contribution in [0.25, 0.3) is 0 Å². The normalized spacial score (nSPS) is 14.7. The van der Waals surface area contributed by atoms with E-state index in [2.05, 4.69) is 4.99 Å². The van der Waals surface area contributed by atoms with Crippen LogP contribution < -0.4 is 4.74 Å². The minimum atomic E-state index is -4.80. The van der Waals surface area contributed by atoms with Crippen LogP contribution >= 0.6 is 0 Å². The molecule has 1 aromatic carbocycles. The third kappa shape index (κ3) is 4.90. The van der Waals surface area contributed by atoms with Crippen molar-refractivity contribution in [3.8, 4) is 5.75 Å². The lowest BCUT2D eigenvalue weighted by atomic mass is 9.86. The lowest BCUT2D eigenvalue weighted by molar-refractivity contribution is -0.270. The van der Waals surface area contributed by atoms with E-state index in [9.17, 15) is 18.3 Å². The molecule has 0 saturated heterocycles. The molecule has 0 aromatic heterocycles. The molecule has 148 valence electrons. The summed E-state index contributed by atoms with van der Waals surface area (Å²) >= 11 is 0. The zero-order valence-corrected chi connectivity index (χ0v) is 16.3. The van der Waals surface area contributed by atoms with Gasteiger partial charge < -0.3 is 14.7 Å². The molecule has 1 N–H and O–H groups in total. The average Bonchev–Trinajstić information content (AvgIpc) is 2.56. The first-order valence-electron chi connectivity index (χ1n) is 8.72. The predicted octanol–water partition coefficient (Wildman–Crippen LogP) is 4.94. The fourth-order valence-electron chi connectivity index (χ4n) is 2.46. The van der Waals surface area contributed by atoms with Crippen LogP contribution in [-0.4, -0.2) is 42.7 Å². The van der Waals surface area contributed by atoms with Crippen LogP contribution in [0.3, 0.4) is 0 Å². The molecule has 0 spiro atoms. The molecule has 1 unspecified atom stereocenters. The van der Waals surface area contributed by atoms with Gasteiger partial charge in [0.15, 0.2) is 5.60 Å². The summed E-state index contributed by atoms with van der Waals surface area (Å²) in [6, 6.07) is 3.01. The van der Waals surface area contributed by atoms with Gasteiger partial charge in [-0.05, 0) is 38.8 Å². The summed E-state index contributed by atoms with van der Waals surface area (Å²) in [6.07, 6.45) is -2.80. The number of rotatable bonds is 8. The second-order valence-corrected chi connectivity index (χ2v) is 6.80. The second kappa shape index (κ2) is 8.75. The maximum absolute atomic E-state index is 13.7. The van der Waals surface area contributed by atoms with Crippen LogP contribution in [0.2, 0.25) is 0 Å². The first-order chi connectivity index (χ1) is 12.0. The number of nitrogens with zero attached hydrogens (tertiary/aromatic N) is 2. The number of unbranched alkanes of at least 4 members (excludes halogenated alkanes) is 1. The topological polar surface area (TPSA) is 45.1 Å². The molecule has 7 heteroatoms. The lowest BCUT2D eigenvalue weighted by Gasteiger charge is -2.32. The van der Waals surface area contributed by atoms with Crippen molar-refractivity contribution in [2.75, 3.05) is 14.2 Å². The number of aliphatic imine (C=N–C) groups is 1. The molecule has 1 aromatic rings. The molecule has 0 aliphatic heterocycles. The second-order valence-electron chi connectivity index (χ2n) is 6.80. The number of halogens is 3. The molecule has 1 rings (SSSR count). The van der Waals surface area contributed by atoms with Crippen molar-refractivity contribution in [1.29, 1.82) is 0 Å². The Hall–Kier alpha value is -1.76. The van der Waals surface area contributed by atoms with E-state index >= 15 is 0 Å². The molecular weight excluding hydrogens is 345 g/mol. The maximum Gasteiger partial charge on any atom is 0.421 e. The van der Waals surface area contributed by atoms with Crippen LogP contribution in [0.4, 0.5) is 18.9 Å². The van der Waals surface area contributed by atoms with Crippen LogP contribution in [0.15, 0.2) is 17.1 Å². The molecule has 0 aliphatic rings. The van der Waals surface area contributed by atoms with Crippen molar-refractivity contribution < 1.29 is 23.0 Å². The summed E-state index contributed by atoms with van der Waals surface area (Å²) in [4.78, 5) is 6.22. The SMILES string of the molecule is CCCCC(O)(c1cc(C)c(/N=C/N(C)C(C)C)cc1OC)C(F)(F)F. The lowest BCUT2D eigenvalue weighted by Crippen LogP contribution is -2.42. The number of alkyl halides is 3. The molecule has 4 nitrogen and oxygen atoms in total. The van der Waals surface area contributed by atoms with E-state index in [1.54, 1.807) is 20.2 Å². The van der Waals surface area contributed by atoms with Gasteiger partial charge in [0, 0.05) is 24.7 Å². The van der Waals surface area contributed by atoms with Crippen LogP contribution in [-0.2, 0) is 5.60 Å². The third-order valence-electron chi connectivity index (χ3n) is 4.52. The number of hydrogen-bond donors (Lipinski definition) is 1. The highest BCUT2D eigenvalue weighted by Crippen LogP contribution is 2.47. The minimum Gasteiger partial charge on any atom is -0.496 e. The predicted molar refractivity (Wildman–Crippen MR) is 98.3 cm³/mol. The molecule has 0 amide bonds. The molecule has 0 fully saturated rings. The van der Waals surface area contributed by atoms with Crippen LogP contribution in [0, 0.1) is 6.92 Å². The number of methoxy groups -OCH3 is 1. The zero-order valence-electron chi connectivity index (χ0n) is 16.3. The zero-order chi connectivity index (χ0) is 20.1. The molecule has 26 heavy (non-hydrogen) atoms. The third-order valence-corrected chi connectivity index (χ3v) is 4.52. The summed E-state index contributed by atoms with van der Waals surface area (Å²) in [5.41, 5.74) is -2.18. The average molecular weight is 374 g/mol. The smallest absolute Gasteiger partial charge is 0.421 e. The molecule has 0 radical (unpaired) electrons. The number of aryl methyl sites for hydroxylation is 1. The van der Waals surface area contributed by atoms with Gasteiger partial charge in [-0.1, -0.05) is 19.8 Å². The quantitative estimate of drug-likeness (QED) is 0.518. The Morgan fingerprint density at radius 3 is 2.38 bits per heavy atom. The summed E-state index contributed by atoms with van der Waals surface area (Å²) < 4.78 is 46.2. The van der Waals surface area contributed by atoms with Crippen LogP contribution in [0.5, 0.6) is 5.75 Å². The van der Waals surface area contributed by atoms with E-state index in [4.69, 9.17) is 4.74 Å². The van der Waals surface area contributed by atoms with E-state index in [1.165, 1.54) is 19.2 Å². The van der Waals surface area contributed by atoms with Crippen molar-refractivity contribution in [2.24, 2.45) is 4.99 Å². The van der Waals surface area contributed by atoms with E-state index < -0.39 is 18.2 Å². The Bertz CT molecular complexity index is 630. The first-order valence-corrected chi connectivity index (χ1v) is 8.72. The van der Waals surface area contributed by atoms with Gasteiger partial charge in [-0.25, -0.2) is 4.99 Å². The van der Waals surface area contributed by atoms with Gasteiger partial charge in [-0.15, -0.1) is 0 Å². The van der Waals surface area contributed by atoms with Crippen molar-refractivity contribution in [1.82, 2.24) is 4.90 Å². The Morgan fingerprint density at radius 1 is 1.31 bits per heavy atom. The maximum atomic E-state index is 13.7. The van der Waals surface area contributed by atoms with E-state index in [0.29, 0.717) is 17.7 Å². The van der Waals surface area contributed by atoms with Gasteiger partial charge in [0.1, 0.15) is 5.75 Å². The summed E-state index contributed by atoms with van der Waals surface area (Å²) in [5, 5.41) is 10.5. The van der Waals surface area contributed by atoms with Gasteiger partial charge >= 0.3 is 6.18 Å². The van der Waals surface area contributed by atoms with E-state index in [0.717, 1.165) is 0 Å². The van der Waals surface area contributed by atoms with Crippen molar-refractivity contribution in [2.45, 2.75) is 64.8 Å². The molecule has 0 bridgehead atoms. The molecule has 1 atom stereocenters. The Kier molecular flexibility index (Phi) is 7.50. The number of benzene rings is 1. The highest BCUT2D eigenvalue weighted by Gasteiger charge is 2.55. The van der Waals surface area contributed by atoms with E-state index in [-0.39, 0.29) is 23.8 Å². The van der Waals surface area contributed by atoms with Crippen LogP contribution in [0.1, 0.15) is 51.2 Å². The van der Waals surface area contributed by atoms with Crippen molar-refractivity contribution >= 4 is 12.0 Å². The van der Waals surface area contributed by atoms with Crippen molar-refractivity contribution in [3.05, 3.63) is 23.3 Å². The summed E-state index contributed by atoms with van der Waals surface area (Å²) in [7, 11) is 3.15. The Balaban J connectivity index is 3.42. The van der Waals surface area contributed by atoms with Crippen molar-refractivity contribution in [3.63, 3.8) is 0 Å². The molecule has 0 aliphatic carbocycles. The largest absolute Gasteiger partial charge is 0.496 e. The van der Waals surface area contributed by atoms with Gasteiger partial charge in [-0.2, -0.15) is 13.2 Å². The number of ether oxygens (including phenoxy) is 1. The number of hydrogen-bond acceptors (Lipinski definition) is 3. The first kappa shape index (κ1) is 22.3. The molecule has 0 saturated carbocycles. The molecular formula is C19H29F3N2O2. The standard InChI is InChI=1S/C19H29F3N2O2/c1-7-8-9-18(25,19(20,21)22)15-10-14(4)16(11-17(15)26-6)23-12-24(5)13(2)3/h10-13,25H,7-9H2,1-6H3/b23-12+. The minimum absolute atomic E-state index is 0.0223. The summed E-state index contributed by atoms with van der Waals surface area (Å²) in [6.45, 7) is 7.45. The summed E-state index contributed by atoms with van der Waals surface area (Å²) in [5.74, 6) is -0.0223. The van der Waals surface area contributed by atoms with Gasteiger partial charge in [-0.3, -0.25) is 0 Å². The Labute approximate surface area is 153 Å². The van der Waals surface area contributed by atoms with Gasteiger partial charge in [0.05, 0.1) is 19.1 Å². The fourth-order valence-corrected chi connectivity index (χ4v) is 2.46. The highest BCUT2D eigenvalue weighted by molar-refractivity contribution is 5.65. The van der Waals surface area contributed by atoms with Gasteiger partial charge in [0.25, 0.3) is 0 Å². The molecule has 0 heterocycles. The van der Waals surface area contributed by atoms with Gasteiger partial charge in [0.2, 0.25) is 0 Å². The highest BCUT2D eigenvalue weighted by atomic mass is 19.4. The monoisotopic (exact) mass is 374 g/mol. The Morgan fingerprint density at radius 2 is 1.92 bits per heavy atom. The van der Waals surface area contributed by atoms with E-state index in [1.807, 2.05) is 25.8 Å².